The van der Waals surface area contributed by atoms with Gasteiger partial charge >= 0.3 is 12.1 Å². The standard InChI is InChI=1S/C26H29F3O4/c27-26(28,29)22-8-2-5-19(17-22)10-11-20-12-13-24(31)23(20)9-3-6-18-4-1-7-21(16-18)25(32)33-15-14-30/h1-2,4-5,7-8,16-17,20,23,30H,3,6,9-15H2/t20-,23+/m0/s1. The minimum Gasteiger partial charge on any atom is -0.460 e. The molecule has 1 aliphatic rings. The minimum absolute atomic E-state index is 0.0469. The second kappa shape index (κ2) is 11.5. The van der Waals surface area contributed by atoms with Gasteiger partial charge in [0.1, 0.15) is 12.4 Å². The van der Waals surface area contributed by atoms with E-state index in [0.717, 1.165) is 30.9 Å². The molecule has 7 heteroatoms. The first-order valence-corrected chi connectivity index (χ1v) is 11.3. The number of esters is 1. The van der Waals surface area contributed by atoms with Gasteiger partial charge in [-0.2, -0.15) is 13.2 Å². The molecule has 33 heavy (non-hydrogen) atoms. The Morgan fingerprint density at radius 2 is 1.76 bits per heavy atom. The van der Waals surface area contributed by atoms with Gasteiger partial charge in [-0.15, -0.1) is 0 Å². The maximum absolute atomic E-state index is 12.9. The zero-order valence-corrected chi connectivity index (χ0v) is 18.4. The number of alkyl halides is 3. The van der Waals surface area contributed by atoms with Gasteiger partial charge in [-0.25, -0.2) is 4.79 Å². The van der Waals surface area contributed by atoms with Crippen molar-refractivity contribution >= 4 is 11.8 Å². The number of Topliss-reactive ketones (excluding diaryl/α,β-unsaturated/α-hetero) is 1. The summed E-state index contributed by atoms with van der Waals surface area (Å²) in [7, 11) is 0. The van der Waals surface area contributed by atoms with E-state index in [-0.39, 0.29) is 30.8 Å². The van der Waals surface area contributed by atoms with E-state index < -0.39 is 17.7 Å². The molecule has 0 bridgehead atoms. The summed E-state index contributed by atoms with van der Waals surface area (Å²) in [4.78, 5) is 24.4. The average molecular weight is 463 g/mol. The van der Waals surface area contributed by atoms with Gasteiger partial charge in [0.15, 0.2) is 0 Å². The smallest absolute Gasteiger partial charge is 0.416 e. The van der Waals surface area contributed by atoms with Crippen molar-refractivity contribution in [3.8, 4) is 0 Å². The van der Waals surface area contributed by atoms with Crippen molar-refractivity contribution in [1.82, 2.24) is 0 Å². The quantitative estimate of drug-likeness (QED) is 0.480. The van der Waals surface area contributed by atoms with E-state index in [0.29, 0.717) is 36.8 Å². The monoisotopic (exact) mass is 462 g/mol. The predicted molar refractivity (Wildman–Crippen MR) is 118 cm³/mol. The molecule has 0 aliphatic heterocycles. The molecule has 1 fully saturated rings. The van der Waals surface area contributed by atoms with E-state index in [2.05, 4.69) is 0 Å². The Morgan fingerprint density at radius 3 is 2.48 bits per heavy atom. The topological polar surface area (TPSA) is 63.6 Å². The average Bonchev–Trinajstić information content (AvgIpc) is 3.15. The summed E-state index contributed by atoms with van der Waals surface area (Å²) in [6, 6.07) is 12.5. The summed E-state index contributed by atoms with van der Waals surface area (Å²) in [6.45, 7) is -0.273. The fourth-order valence-electron chi connectivity index (χ4n) is 4.58. The van der Waals surface area contributed by atoms with Gasteiger partial charge in [0.2, 0.25) is 0 Å². The number of aliphatic hydroxyl groups is 1. The summed E-state index contributed by atoms with van der Waals surface area (Å²) in [5.74, 6) is -0.114. The van der Waals surface area contributed by atoms with Crippen molar-refractivity contribution in [2.45, 2.75) is 51.1 Å². The number of benzene rings is 2. The highest BCUT2D eigenvalue weighted by Crippen LogP contribution is 2.36. The molecule has 3 rings (SSSR count). The van der Waals surface area contributed by atoms with Gasteiger partial charge in [0.25, 0.3) is 0 Å². The summed E-state index contributed by atoms with van der Waals surface area (Å²) >= 11 is 0. The number of aryl methyl sites for hydroxylation is 2. The third kappa shape index (κ3) is 7.16. The maximum atomic E-state index is 12.9. The summed E-state index contributed by atoms with van der Waals surface area (Å²) < 4.78 is 43.8. The van der Waals surface area contributed by atoms with Crippen LogP contribution in [0.1, 0.15) is 59.2 Å². The van der Waals surface area contributed by atoms with Gasteiger partial charge in [0.05, 0.1) is 17.7 Å². The van der Waals surface area contributed by atoms with Crippen molar-refractivity contribution in [2.75, 3.05) is 13.2 Å². The molecule has 2 atom stereocenters. The van der Waals surface area contributed by atoms with Gasteiger partial charge in [0, 0.05) is 12.3 Å². The van der Waals surface area contributed by atoms with Crippen LogP contribution in [-0.4, -0.2) is 30.1 Å². The van der Waals surface area contributed by atoms with Crippen LogP contribution in [0.4, 0.5) is 13.2 Å². The van der Waals surface area contributed by atoms with Crippen LogP contribution in [0.25, 0.3) is 0 Å². The molecule has 0 unspecified atom stereocenters. The molecule has 2 aromatic carbocycles. The largest absolute Gasteiger partial charge is 0.460 e. The molecule has 0 spiro atoms. The minimum atomic E-state index is -4.35. The summed E-state index contributed by atoms with van der Waals surface area (Å²) in [5.41, 5.74) is 1.41. The van der Waals surface area contributed by atoms with E-state index >= 15 is 0 Å². The van der Waals surface area contributed by atoms with Gasteiger partial charge in [-0.05, 0) is 73.8 Å². The zero-order chi connectivity index (χ0) is 23.8. The molecule has 1 aliphatic carbocycles. The lowest BCUT2D eigenvalue weighted by atomic mass is 9.85. The first-order chi connectivity index (χ1) is 15.8. The maximum Gasteiger partial charge on any atom is 0.416 e. The third-order valence-corrected chi connectivity index (χ3v) is 6.27. The number of hydrogen-bond donors (Lipinski definition) is 1. The lowest BCUT2D eigenvalue weighted by Gasteiger charge is -2.19. The number of hydrogen-bond acceptors (Lipinski definition) is 4. The number of rotatable bonds is 10. The molecule has 0 amide bonds. The van der Waals surface area contributed by atoms with Crippen LogP contribution in [0.2, 0.25) is 0 Å². The number of halogens is 3. The zero-order valence-electron chi connectivity index (χ0n) is 18.4. The molecule has 0 saturated heterocycles. The van der Waals surface area contributed by atoms with E-state index in [9.17, 15) is 22.8 Å². The van der Waals surface area contributed by atoms with Crippen molar-refractivity contribution in [3.05, 3.63) is 70.8 Å². The molecule has 178 valence electrons. The van der Waals surface area contributed by atoms with Crippen LogP contribution in [0, 0.1) is 11.8 Å². The lowest BCUT2D eigenvalue weighted by molar-refractivity contribution is -0.137. The molecule has 0 radical (unpaired) electrons. The summed E-state index contributed by atoms with van der Waals surface area (Å²) in [6.07, 6.45) is 0.413. The molecule has 4 nitrogen and oxygen atoms in total. The Labute approximate surface area is 191 Å². The van der Waals surface area contributed by atoms with Crippen molar-refractivity contribution in [2.24, 2.45) is 11.8 Å². The van der Waals surface area contributed by atoms with Crippen LogP contribution >= 0.6 is 0 Å². The molecule has 0 heterocycles. The number of ketones is 1. The van der Waals surface area contributed by atoms with E-state index in [1.165, 1.54) is 12.1 Å². The predicted octanol–water partition coefficient (Wildman–Crippen LogP) is 5.41. The Bertz CT molecular complexity index is 955. The van der Waals surface area contributed by atoms with Crippen LogP contribution in [0.5, 0.6) is 0 Å². The van der Waals surface area contributed by atoms with Crippen molar-refractivity contribution < 1.29 is 32.6 Å². The van der Waals surface area contributed by atoms with Gasteiger partial charge < -0.3 is 9.84 Å². The highest BCUT2D eigenvalue weighted by atomic mass is 19.4. The second-order valence-electron chi connectivity index (χ2n) is 8.56. The molecule has 2 aromatic rings. The van der Waals surface area contributed by atoms with Gasteiger partial charge in [-0.3, -0.25) is 4.79 Å². The number of aliphatic hydroxyl groups excluding tert-OH is 1. The van der Waals surface area contributed by atoms with Crippen LogP contribution in [-0.2, 0) is 28.5 Å². The normalized spacial score (nSPS) is 18.5. The van der Waals surface area contributed by atoms with Crippen molar-refractivity contribution in [3.63, 3.8) is 0 Å². The number of carbonyl (C=O) groups is 2. The first-order valence-electron chi connectivity index (χ1n) is 11.3. The van der Waals surface area contributed by atoms with Gasteiger partial charge in [-0.1, -0.05) is 30.3 Å². The van der Waals surface area contributed by atoms with Crippen LogP contribution in [0.3, 0.4) is 0 Å². The van der Waals surface area contributed by atoms with Crippen LogP contribution in [0.15, 0.2) is 48.5 Å². The van der Waals surface area contributed by atoms with Crippen molar-refractivity contribution in [1.29, 1.82) is 0 Å². The molecule has 1 saturated carbocycles. The Balaban J connectivity index is 1.52. The molecule has 0 aromatic heterocycles. The highest BCUT2D eigenvalue weighted by Gasteiger charge is 2.34. The van der Waals surface area contributed by atoms with E-state index in [1.54, 1.807) is 24.3 Å². The third-order valence-electron chi connectivity index (χ3n) is 6.27. The molecular weight excluding hydrogens is 433 g/mol. The Kier molecular flexibility index (Phi) is 8.67. The second-order valence-corrected chi connectivity index (χ2v) is 8.56. The fourth-order valence-corrected chi connectivity index (χ4v) is 4.58. The Morgan fingerprint density at radius 1 is 1.03 bits per heavy atom. The Hall–Kier alpha value is -2.67. The SMILES string of the molecule is O=C(OCCO)c1cccc(CCC[C@H]2C(=O)CC[C@@H]2CCc2cccc(C(F)(F)F)c2)c1. The lowest BCUT2D eigenvalue weighted by Crippen LogP contribution is -2.16. The first kappa shape index (κ1) is 25.0. The fraction of sp³-hybridized carbons (Fsp3) is 0.462. The summed E-state index contributed by atoms with van der Waals surface area (Å²) in [5, 5.41) is 8.78. The molecule has 1 N–H and O–H groups in total. The highest BCUT2D eigenvalue weighted by molar-refractivity contribution is 5.89. The van der Waals surface area contributed by atoms with E-state index in [4.69, 9.17) is 9.84 Å². The van der Waals surface area contributed by atoms with E-state index in [1.807, 2.05) is 6.07 Å². The number of ether oxygens (including phenoxy) is 1. The number of carbonyl (C=O) groups excluding carboxylic acids is 2. The van der Waals surface area contributed by atoms with Crippen LogP contribution < -0.4 is 0 Å². The molecular formula is C26H29F3O4.